The number of ether oxygens (including phenoxy) is 2. The topological polar surface area (TPSA) is 371 Å². The first-order valence-electron chi connectivity index (χ1n) is 22.8. The summed E-state index contributed by atoms with van der Waals surface area (Å²) in [5, 5.41) is 26.6. The lowest BCUT2D eigenvalue weighted by Crippen LogP contribution is -2.59. The number of carbonyl (C=O) groups is 10. The molecule has 1 aliphatic heterocycles. The van der Waals surface area contributed by atoms with Gasteiger partial charge in [-0.05, 0) is 49.9 Å². The first-order valence-corrected chi connectivity index (χ1v) is 25.2. The number of aliphatic carboxylic acids is 1. The van der Waals surface area contributed by atoms with Gasteiger partial charge in [-0.15, -0.1) is 0 Å². The van der Waals surface area contributed by atoms with Crippen LogP contribution in [0.1, 0.15) is 62.5 Å². The van der Waals surface area contributed by atoms with Crippen LogP contribution in [0.5, 0.6) is 0 Å². The highest BCUT2D eigenvalue weighted by Crippen LogP contribution is 2.23. The van der Waals surface area contributed by atoms with Crippen molar-refractivity contribution in [2.24, 2.45) is 17.6 Å². The van der Waals surface area contributed by atoms with Crippen molar-refractivity contribution in [1.82, 2.24) is 57.2 Å². The van der Waals surface area contributed by atoms with Gasteiger partial charge < -0.3 is 57.5 Å². The van der Waals surface area contributed by atoms with Gasteiger partial charge in [0.25, 0.3) is 11.8 Å². The summed E-state index contributed by atoms with van der Waals surface area (Å²) in [5.41, 5.74) is 7.49. The lowest BCUT2D eigenvalue weighted by molar-refractivity contribution is -0.151. The van der Waals surface area contributed by atoms with Crippen LogP contribution in [0.15, 0.2) is 60.9 Å². The molecule has 390 valence electrons. The highest BCUT2D eigenvalue weighted by Gasteiger charge is 2.35. The Hall–Kier alpha value is -7.52. The van der Waals surface area contributed by atoms with Crippen molar-refractivity contribution in [2.75, 3.05) is 24.7 Å². The summed E-state index contributed by atoms with van der Waals surface area (Å²) in [5.74, 6) is -11.2. The fourth-order valence-corrected chi connectivity index (χ4v) is 8.82. The summed E-state index contributed by atoms with van der Waals surface area (Å²) in [6.45, 7) is 7.26. The minimum absolute atomic E-state index is 0.0399. The molecule has 0 spiro atoms. The van der Waals surface area contributed by atoms with Crippen LogP contribution in [-0.4, -0.2) is 157 Å². The molecule has 0 aliphatic carbocycles. The highest BCUT2D eigenvalue weighted by molar-refractivity contribution is 8.76. The number of para-hydroxylation sites is 4. The number of aromatic nitrogens is 4. The van der Waals surface area contributed by atoms with Crippen LogP contribution in [-0.2, 0) is 47.8 Å². The molecule has 27 heteroatoms. The largest absolute Gasteiger partial charge is 0.480 e. The van der Waals surface area contributed by atoms with Crippen molar-refractivity contribution in [3.05, 3.63) is 72.3 Å². The van der Waals surface area contributed by atoms with Crippen molar-refractivity contribution < 1.29 is 62.5 Å². The molecule has 4 aromatic rings. The Balaban J connectivity index is 1.34. The number of nitrogens with zero attached hydrogens (tertiary/aromatic N) is 4. The van der Waals surface area contributed by atoms with E-state index in [0.717, 1.165) is 27.8 Å². The number of nitrogens with two attached hydrogens (primary N) is 1. The van der Waals surface area contributed by atoms with Gasteiger partial charge in [-0.2, -0.15) is 0 Å². The van der Waals surface area contributed by atoms with Crippen LogP contribution in [0.3, 0.4) is 0 Å². The van der Waals surface area contributed by atoms with E-state index in [1.807, 2.05) is 0 Å². The summed E-state index contributed by atoms with van der Waals surface area (Å²) in [6, 6.07) is 1.97. The first-order chi connectivity index (χ1) is 34.6. The van der Waals surface area contributed by atoms with E-state index < -0.39 is 133 Å². The molecule has 2 aromatic heterocycles. The second kappa shape index (κ2) is 26.3. The Morgan fingerprint density at radius 3 is 1.92 bits per heavy atom. The molecule has 1 saturated heterocycles. The molecule has 5 rings (SSSR count). The second-order valence-electron chi connectivity index (χ2n) is 17.3. The number of esters is 2. The third-order valence-corrected chi connectivity index (χ3v) is 13.3. The standard InChI is InChI=1S/C46H56N12O13S2/c1-21(2)35-45(68)70-17-32(54-39(61)30-15-48-26-11-7-9-13-28(26)52-30)41(63)50-23(5)37(59)56-34(20-73-72-19-25(47)38(60)57-35)43(65)58-36(22(3)4)46(69)71-18-33(42(64)51-24(6)44(66)67)55-40(62)31-16-49-27-12-8-10-14-29(27)53-31/h7-16,21-25,32-36H,17-20,47H2,1-6H3,(H,50,63)(H,51,64)(H,54,61)(H,55,62)(H,56,59)(H,57,60)(H,58,65)(H,66,67)/t23-,24-,25-,32+,33+,34-,35-,36-/m0/s1. The number of rotatable bonds is 14. The van der Waals surface area contributed by atoms with Gasteiger partial charge in [0.05, 0.1) is 40.5 Å². The molecule has 2 aromatic carbocycles. The number of carbonyl (C=O) groups excluding carboxylic acids is 9. The summed E-state index contributed by atoms with van der Waals surface area (Å²) in [6.07, 6.45) is 2.34. The maximum atomic E-state index is 14.1. The molecule has 3 heterocycles. The number of hydrogen-bond acceptors (Lipinski definition) is 19. The number of carboxylic acid groups (broad SMARTS) is 1. The van der Waals surface area contributed by atoms with E-state index in [-0.39, 0.29) is 22.9 Å². The zero-order chi connectivity index (χ0) is 53.5. The molecular weight excluding hydrogens is 993 g/mol. The minimum atomic E-state index is -1.67. The fourth-order valence-electron chi connectivity index (χ4n) is 6.53. The molecular formula is C46H56N12O13S2. The van der Waals surface area contributed by atoms with Crippen molar-refractivity contribution in [3.8, 4) is 0 Å². The van der Waals surface area contributed by atoms with E-state index in [2.05, 4.69) is 57.2 Å². The quantitative estimate of drug-likeness (QED) is 0.0548. The van der Waals surface area contributed by atoms with Crippen molar-refractivity contribution >= 4 is 103 Å². The van der Waals surface area contributed by atoms with Crippen LogP contribution in [0.25, 0.3) is 22.1 Å². The average molecular weight is 1050 g/mol. The molecule has 25 nitrogen and oxygen atoms in total. The Kier molecular flexibility index (Phi) is 20.3. The minimum Gasteiger partial charge on any atom is -0.480 e. The number of amides is 7. The van der Waals surface area contributed by atoms with Crippen molar-refractivity contribution in [1.29, 1.82) is 0 Å². The summed E-state index contributed by atoms with van der Waals surface area (Å²) in [4.78, 5) is 151. The summed E-state index contributed by atoms with van der Waals surface area (Å²) < 4.78 is 10.9. The van der Waals surface area contributed by atoms with E-state index >= 15 is 0 Å². The zero-order valence-corrected chi connectivity index (χ0v) is 42.0. The molecule has 1 aliphatic rings. The number of nitrogens with one attached hydrogen (secondary N) is 7. The van der Waals surface area contributed by atoms with E-state index in [1.165, 1.54) is 20.0 Å². The van der Waals surface area contributed by atoms with Gasteiger partial charge >= 0.3 is 17.9 Å². The lowest BCUT2D eigenvalue weighted by Gasteiger charge is -2.27. The molecule has 0 saturated carbocycles. The number of fused-ring (bicyclic) bond motifs is 2. The number of carboxylic acids is 1. The Bertz CT molecular complexity index is 2730. The molecule has 0 unspecified atom stereocenters. The van der Waals surface area contributed by atoms with Gasteiger partial charge in [0.1, 0.15) is 66.9 Å². The van der Waals surface area contributed by atoms with Gasteiger partial charge in [0.15, 0.2) is 0 Å². The maximum absolute atomic E-state index is 14.1. The molecule has 7 amide bonds. The van der Waals surface area contributed by atoms with Crippen molar-refractivity contribution in [2.45, 2.75) is 89.9 Å². The van der Waals surface area contributed by atoms with E-state index in [1.54, 1.807) is 76.2 Å². The second-order valence-corrected chi connectivity index (χ2v) is 19.8. The van der Waals surface area contributed by atoms with Crippen LogP contribution in [0.4, 0.5) is 0 Å². The molecule has 0 bridgehead atoms. The highest BCUT2D eigenvalue weighted by atomic mass is 33.1. The summed E-state index contributed by atoms with van der Waals surface area (Å²) in [7, 11) is 2.08. The molecule has 0 radical (unpaired) electrons. The first kappa shape index (κ1) is 56.4. The van der Waals surface area contributed by atoms with Crippen LogP contribution < -0.4 is 43.0 Å². The Morgan fingerprint density at radius 2 is 1.34 bits per heavy atom. The van der Waals surface area contributed by atoms with Gasteiger partial charge in [-0.25, -0.2) is 19.6 Å². The lowest BCUT2D eigenvalue weighted by atomic mass is 10.0. The van der Waals surface area contributed by atoms with Crippen molar-refractivity contribution in [3.63, 3.8) is 0 Å². The average Bonchev–Trinajstić information content (AvgIpc) is 3.36. The smallest absolute Gasteiger partial charge is 0.328 e. The van der Waals surface area contributed by atoms with Gasteiger partial charge in [0.2, 0.25) is 29.5 Å². The number of hydrogen-bond donors (Lipinski definition) is 9. The predicted molar refractivity (Wildman–Crippen MR) is 265 cm³/mol. The maximum Gasteiger partial charge on any atom is 0.328 e. The van der Waals surface area contributed by atoms with E-state index in [4.69, 9.17) is 15.2 Å². The van der Waals surface area contributed by atoms with Gasteiger partial charge in [-0.1, -0.05) is 73.5 Å². The van der Waals surface area contributed by atoms with E-state index in [9.17, 15) is 53.1 Å². The monoisotopic (exact) mass is 1050 g/mol. The number of cyclic esters (lactones) is 1. The third kappa shape index (κ3) is 16.0. The Labute approximate surface area is 425 Å². The predicted octanol–water partition coefficient (Wildman–Crippen LogP) is -0.861. The fraction of sp³-hybridized carbons (Fsp3) is 0.435. The molecule has 10 N–H and O–H groups in total. The van der Waals surface area contributed by atoms with Crippen LogP contribution >= 0.6 is 21.6 Å². The normalized spacial score (nSPS) is 20.6. The SMILES string of the molecule is CC(C)[C@H](NC(=O)[C@@H]1CSSC[C@H](N)C(=O)N[C@@H](C(C)C)C(=O)OC[C@@H](NC(=O)c2cnc3ccccc3n2)C(=O)N[C@@H](C)C(=O)N1)C(=O)OC[C@@H](NC(=O)c1cnc2ccccc2n1)C(=O)N[C@@H](C)C(=O)O. The molecule has 1 fully saturated rings. The number of benzene rings is 2. The Morgan fingerprint density at radius 1 is 0.767 bits per heavy atom. The zero-order valence-electron chi connectivity index (χ0n) is 40.4. The third-order valence-electron chi connectivity index (χ3n) is 10.8. The van der Waals surface area contributed by atoms with Gasteiger partial charge in [0, 0.05) is 11.5 Å². The van der Waals surface area contributed by atoms with Gasteiger partial charge in [-0.3, -0.25) is 48.3 Å². The summed E-state index contributed by atoms with van der Waals surface area (Å²) >= 11 is 0. The van der Waals surface area contributed by atoms with Crippen LogP contribution in [0, 0.1) is 11.8 Å². The molecule has 73 heavy (non-hydrogen) atoms. The molecule has 8 atom stereocenters. The van der Waals surface area contributed by atoms with E-state index in [0.29, 0.717) is 22.1 Å². The van der Waals surface area contributed by atoms with Crippen LogP contribution in [0.2, 0.25) is 0 Å².